The molecule has 1 aliphatic rings. The van der Waals surface area contributed by atoms with E-state index in [4.69, 9.17) is 4.52 Å². The Morgan fingerprint density at radius 3 is 2.44 bits per heavy atom. The molecule has 0 amide bonds. The molecule has 0 N–H and O–H groups in total. The number of alkyl halides is 2. The van der Waals surface area contributed by atoms with Gasteiger partial charge in [0, 0.05) is 12.1 Å². The number of rotatable bonds is 2. The summed E-state index contributed by atoms with van der Waals surface area (Å²) in [5.74, 6) is -0.428. The number of aryl methyl sites for hydroxylation is 2. The number of imidazole rings is 1. The summed E-state index contributed by atoms with van der Waals surface area (Å²) >= 11 is 3.08. The maximum absolute atomic E-state index is 13.2. The van der Waals surface area contributed by atoms with E-state index in [-0.39, 0.29) is 43.6 Å². The van der Waals surface area contributed by atoms with E-state index in [1.54, 1.807) is 0 Å². The van der Waals surface area contributed by atoms with Crippen molar-refractivity contribution in [2.75, 3.05) is 0 Å². The van der Waals surface area contributed by atoms with Crippen LogP contribution in [0.5, 0.6) is 11.5 Å². The molecule has 3 aromatic rings. The second-order valence-corrected chi connectivity index (χ2v) is 7.69. The third-order valence-corrected chi connectivity index (χ3v) is 6.28. The van der Waals surface area contributed by atoms with Crippen molar-refractivity contribution in [1.29, 1.82) is 0 Å². The van der Waals surface area contributed by atoms with Crippen molar-refractivity contribution in [3.8, 4) is 11.5 Å². The van der Waals surface area contributed by atoms with Crippen LogP contribution >= 0.6 is 15.9 Å². The first-order chi connectivity index (χ1) is 11.6. The van der Waals surface area contributed by atoms with E-state index in [2.05, 4.69) is 35.5 Å². The third-order valence-electron chi connectivity index (χ3n) is 3.56. The van der Waals surface area contributed by atoms with Crippen LogP contribution in [0.15, 0.2) is 26.3 Å². The number of aromatic nitrogens is 3. The van der Waals surface area contributed by atoms with Crippen LogP contribution in [-0.4, -0.2) is 28.8 Å². The molecule has 0 atom stereocenters. The van der Waals surface area contributed by atoms with E-state index >= 15 is 0 Å². The average molecular weight is 436 g/mol. The molecular formula is C13H8BrF2N3O5S. The molecule has 25 heavy (non-hydrogen) atoms. The van der Waals surface area contributed by atoms with Crippen molar-refractivity contribution >= 4 is 37.0 Å². The number of nitrogens with zero attached hydrogens (tertiary/aromatic N) is 3. The highest BCUT2D eigenvalue weighted by Crippen LogP contribution is 2.44. The van der Waals surface area contributed by atoms with Crippen molar-refractivity contribution in [3.63, 3.8) is 0 Å². The summed E-state index contributed by atoms with van der Waals surface area (Å²) in [4.78, 5) is 3.91. The lowest BCUT2D eigenvalue weighted by molar-refractivity contribution is -0.286. The number of fused-ring (bicyclic) bond motifs is 2. The minimum absolute atomic E-state index is 0.0342. The summed E-state index contributed by atoms with van der Waals surface area (Å²) in [5.41, 5.74) is 0.327. The fourth-order valence-electron chi connectivity index (χ4n) is 2.63. The van der Waals surface area contributed by atoms with Crippen LogP contribution in [0.25, 0.3) is 11.0 Å². The summed E-state index contributed by atoms with van der Waals surface area (Å²) in [7, 11) is -4.15. The normalized spacial score (nSPS) is 15.9. The van der Waals surface area contributed by atoms with Crippen LogP contribution in [-0.2, 0) is 10.0 Å². The van der Waals surface area contributed by atoms with Crippen LogP contribution in [0.3, 0.4) is 0 Å². The number of hydrogen-bond donors (Lipinski definition) is 0. The standard InChI is InChI=1S/C13H8BrF2N3O5S/c1-5-11(6(2)24-18-5)25(20,21)19-8-4-10-9(22-13(15,16)23-10)3-7(8)17-12(19)14/h3-4H,1-2H3. The first kappa shape index (κ1) is 16.3. The minimum Gasteiger partial charge on any atom is -0.395 e. The lowest BCUT2D eigenvalue weighted by Crippen LogP contribution is -2.25. The summed E-state index contributed by atoms with van der Waals surface area (Å²) in [6, 6.07) is 2.30. The van der Waals surface area contributed by atoms with Crippen molar-refractivity contribution in [2.45, 2.75) is 25.0 Å². The largest absolute Gasteiger partial charge is 0.586 e. The van der Waals surface area contributed by atoms with E-state index in [9.17, 15) is 17.2 Å². The highest BCUT2D eigenvalue weighted by Gasteiger charge is 2.44. The Hall–Kier alpha value is -2.21. The Kier molecular flexibility index (Phi) is 3.20. The molecule has 0 spiro atoms. The zero-order chi connectivity index (χ0) is 18.1. The Morgan fingerprint density at radius 1 is 1.20 bits per heavy atom. The average Bonchev–Trinajstić information content (AvgIpc) is 3.07. The lowest BCUT2D eigenvalue weighted by Gasteiger charge is -2.07. The molecule has 12 heteroatoms. The van der Waals surface area contributed by atoms with Crippen LogP contribution < -0.4 is 9.47 Å². The van der Waals surface area contributed by atoms with Gasteiger partial charge in [-0.05, 0) is 29.8 Å². The summed E-state index contributed by atoms with van der Waals surface area (Å²) in [6.45, 7) is 2.93. The van der Waals surface area contributed by atoms with Crippen LogP contribution in [0.2, 0.25) is 0 Å². The van der Waals surface area contributed by atoms with Gasteiger partial charge in [0.15, 0.2) is 26.9 Å². The first-order valence-corrected chi connectivity index (χ1v) is 9.00. The van der Waals surface area contributed by atoms with Crippen LogP contribution in [0.1, 0.15) is 11.5 Å². The molecule has 0 bridgehead atoms. The topological polar surface area (TPSA) is 96.5 Å². The van der Waals surface area contributed by atoms with Gasteiger partial charge in [-0.15, -0.1) is 8.78 Å². The molecule has 0 aliphatic carbocycles. The maximum Gasteiger partial charge on any atom is 0.586 e. The fraction of sp³-hybridized carbons (Fsp3) is 0.231. The molecule has 132 valence electrons. The van der Waals surface area contributed by atoms with E-state index in [1.165, 1.54) is 19.9 Å². The summed E-state index contributed by atoms with van der Waals surface area (Å²) < 4.78 is 67.0. The van der Waals surface area contributed by atoms with Crippen molar-refractivity contribution < 1.29 is 31.2 Å². The monoisotopic (exact) mass is 435 g/mol. The molecule has 0 saturated heterocycles. The number of hydrogen-bond acceptors (Lipinski definition) is 7. The Morgan fingerprint density at radius 2 is 1.84 bits per heavy atom. The van der Waals surface area contributed by atoms with Crippen LogP contribution in [0.4, 0.5) is 8.78 Å². The smallest absolute Gasteiger partial charge is 0.395 e. The third kappa shape index (κ3) is 2.31. The van der Waals surface area contributed by atoms with Crippen LogP contribution in [0, 0.1) is 13.8 Å². The van der Waals surface area contributed by atoms with E-state index in [1.807, 2.05) is 0 Å². The molecule has 8 nitrogen and oxygen atoms in total. The SMILES string of the molecule is Cc1noc(C)c1S(=O)(=O)n1c(Br)nc2cc3c(cc21)OC(F)(F)O3. The minimum atomic E-state index is -4.15. The van der Waals surface area contributed by atoms with Gasteiger partial charge >= 0.3 is 6.29 Å². The lowest BCUT2D eigenvalue weighted by atomic mass is 10.3. The molecule has 3 heterocycles. The molecule has 2 aromatic heterocycles. The van der Waals surface area contributed by atoms with Crippen molar-refractivity contribution in [3.05, 3.63) is 28.3 Å². The molecule has 0 fully saturated rings. The molecular weight excluding hydrogens is 428 g/mol. The highest BCUT2D eigenvalue weighted by molar-refractivity contribution is 9.10. The van der Waals surface area contributed by atoms with Gasteiger partial charge < -0.3 is 14.0 Å². The van der Waals surface area contributed by atoms with E-state index in [0.717, 1.165) is 10.0 Å². The van der Waals surface area contributed by atoms with Gasteiger partial charge in [0.1, 0.15) is 5.69 Å². The zero-order valence-corrected chi connectivity index (χ0v) is 15.0. The molecule has 4 rings (SSSR count). The predicted octanol–water partition coefficient (Wildman–Crippen LogP) is 2.96. The molecule has 1 aromatic carbocycles. The molecule has 1 aliphatic heterocycles. The van der Waals surface area contributed by atoms with Gasteiger partial charge in [0.25, 0.3) is 10.0 Å². The van der Waals surface area contributed by atoms with Gasteiger partial charge in [-0.25, -0.2) is 17.4 Å². The summed E-state index contributed by atoms with van der Waals surface area (Å²) in [5, 5.41) is 3.63. The van der Waals surface area contributed by atoms with Gasteiger partial charge in [0.2, 0.25) is 0 Å². The zero-order valence-electron chi connectivity index (χ0n) is 12.6. The maximum atomic E-state index is 13.2. The number of ether oxygens (including phenoxy) is 2. The summed E-state index contributed by atoms with van der Waals surface area (Å²) in [6.07, 6.45) is -3.82. The second-order valence-electron chi connectivity index (χ2n) is 5.26. The van der Waals surface area contributed by atoms with Crippen molar-refractivity contribution in [2.24, 2.45) is 0 Å². The van der Waals surface area contributed by atoms with Gasteiger partial charge in [-0.1, -0.05) is 5.16 Å². The molecule has 0 saturated carbocycles. The highest BCUT2D eigenvalue weighted by atomic mass is 79.9. The second kappa shape index (κ2) is 4.91. The Bertz CT molecular complexity index is 1120. The van der Waals surface area contributed by atoms with E-state index < -0.39 is 16.3 Å². The van der Waals surface area contributed by atoms with Gasteiger partial charge in [0.05, 0.1) is 11.0 Å². The quantitative estimate of drug-likeness (QED) is 0.610. The fourth-order valence-corrected chi connectivity index (χ4v) is 5.23. The first-order valence-electron chi connectivity index (χ1n) is 6.76. The number of benzene rings is 1. The molecule has 0 unspecified atom stereocenters. The number of halogens is 3. The molecule has 0 radical (unpaired) electrons. The van der Waals surface area contributed by atoms with Gasteiger partial charge in [-0.3, -0.25) is 0 Å². The van der Waals surface area contributed by atoms with Crippen molar-refractivity contribution in [1.82, 2.24) is 14.1 Å². The van der Waals surface area contributed by atoms with Gasteiger partial charge in [-0.2, -0.15) is 0 Å². The Balaban J connectivity index is 1.99. The predicted molar refractivity (Wildman–Crippen MR) is 82.2 cm³/mol. The van der Waals surface area contributed by atoms with E-state index in [0.29, 0.717) is 0 Å². The Labute approximate surface area is 147 Å².